The van der Waals surface area contributed by atoms with E-state index in [2.05, 4.69) is 96.7 Å². The summed E-state index contributed by atoms with van der Waals surface area (Å²) in [6.45, 7) is 5.10. The van der Waals surface area contributed by atoms with Crippen LogP contribution in [0.3, 0.4) is 0 Å². The second-order valence-electron chi connectivity index (χ2n) is 11.4. The summed E-state index contributed by atoms with van der Waals surface area (Å²) in [5, 5.41) is 8.15. The summed E-state index contributed by atoms with van der Waals surface area (Å²) in [5.74, 6) is 0.246. The molecule has 1 aliphatic carbocycles. The number of para-hydroxylation sites is 1. The van der Waals surface area contributed by atoms with E-state index < -0.39 is 0 Å². The Balaban J connectivity index is 1.45. The first-order valence-corrected chi connectivity index (χ1v) is 13.6. The van der Waals surface area contributed by atoms with Crippen LogP contribution in [0.25, 0.3) is 27.2 Å². The first-order chi connectivity index (χ1) is 18.4. The SMILES string of the molecule is CC1(C)CC(=O)C2=C(C1)c1c(ccc3ccccc13)N[C@@H]2c1cn(Cc2ccccc2Cl)c2ccccc12. The number of hydrogen-bond donors (Lipinski definition) is 1. The van der Waals surface area contributed by atoms with Gasteiger partial charge in [-0.3, -0.25) is 4.79 Å². The number of ketones is 1. The van der Waals surface area contributed by atoms with E-state index in [9.17, 15) is 4.79 Å². The second kappa shape index (κ2) is 8.61. The number of anilines is 1. The third-order valence-electron chi connectivity index (χ3n) is 8.17. The molecule has 188 valence electrons. The quantitative estimate of drug-likeness (QED) is 0.260. The lowest BCUT2D eigenvalue weighted by Crippen LogP contribution is -2.33. The van der Waals surface area contributed by atoms with Crippen molar-refractivity contribution >= 4 is 50.3 Å². The van der Waals surface area contributed by atoms with Crippen molar-refractivity contribution < 1.29 is 4.79 Å². The second-order valence-corrected chi connectivity index (χ2v) is 11.8. The van der Waals surface area contributed by atoms with Crippen molar-refractivity contribution in [2.24, 2.45) is 5.41 Å². The zero-order valence-corrected chi connectivity index (χ0v) is 22.3. The number of benzene rings is 4. The smallest absolute Gasteiger partial charge is 0.162 e. The highest BCUT2D eigenvalue weighted by Gasteiger charge is 2.41. The van der Waals surface area contributed by atoms with Gasteiger partial charge in [-0.2, -0.15) is 0 Å². The molecule has 1 atom stereocenters. The fourth-order valence-electron chi connectivity index (χ4n) is 6.52. The molecule has 0 fully saturated rings. The molecule has 4 aromatic carbocycles. The molecule has 1 N–H and O–H groups in total. The van der Waals surface area contributed by atoms with Crippen LogP contribution in [-0.2, 0) is 11.3 Å². The number of nitrogens with one attached hydrogen (secondary N) is 1. The Morgan fingerprint density at radius 3 is 2.47 bits per heavy atom. The van der Waals surface area contributed by atoms with Crippen LogP contribution < -0.4 is 5.32 Å². The highest BCUT2D eigenvalue weighted by atomic mass is 35.5. The number of Topliss-reactive ketones (excluding diaryl/α,β-unsaturated/α-hetero) is 1. The fraction of sp³-hybridized carbons (Fsp3) is 0.206. The molecule has 0 radical (unpaired) electrons. The Morgan fingerprint density at radius 2 is 1.63 bits per heavy atom. The lowest BCUT2D eigenvalue weighted by atomic mass is 9.68. The molecule has 38 heavy (non-hydrogen) atoms. The average molecular weight is 517 g/mol. The van der Waals surface area contributed by atoms with Gasteiger partial charge in [0.05, 0.1) is 6.04 Å². The van der Waals surface area contributed by atoms with Gasteiger partial charge in [0.25, 0.3) is 0 Å². The van der Waals surface area contributed by atoms with Gasteiger partial charge in [0.1, 0.15) is 0 Å². The van der Waals surface area contributed by atoms with Crippen molar-refractivity contribution in [3.05, 3.63) is 118 Å². The molecule has 0 saturated heterocycles. The largest absolute Gasteiger partial charge is 0.373 e. The fourth-order valence-corrected chi connectivity index (χ4v) is 6.71. The Kier molecular flexibility index (Phi) is 5.28. The molecule has 0 spiro atoms. The van der Waals surface area contributed by atoms with Crippen LogP contribution in [0, 0.1) is 5.41 Å². The summed E-state index contributed by atoms with van der Waals surface area (Å²) in [6.07, 6.45) is 3.66. The summed E-state index contributed by atoms with van der Waals surface area (Å²) >= 11 is 6.54. The predicted octanol–water partition coefficient (Wildman–Crippen LogP) is 8.81. The minimum Gasteiger partial charge on any atom is -0.373 e. The molecule has 5 aromatic rings. The molecule has 3 nitrogen and oxygen atoms in total. The van der Waals surface area contributed by atoms with Crippen molar-refractivity contribution in [2.75, 3.05) is 5.32 Å². The van der Waals surface area contributed by atoms with Gasteiger partial charge in [-0.1, -0.05) is 92.2 Å². The molecule has 2 aliphatic rings. The lowest BCUT2D eigenvalue weighted by Gasteiger charge is -2.40. The van der Waals surface area contributed by atoms with Crippen molar-refractivity contribution in [2.45, 2.75) is 39.3 Å². The van der Waals surface area contributed by atoms with E-state index in [1.165, 1.54) is 21.9 Å². The first-order valence-electron chi connectivity index (χ1n) is 13.3. The molecular formula is C34H29ClN2O. The minimum absolute atomic E-state index is 0.0793. The highest BCUT2D eigenvalue weighted by molar-refractivity contribution is 6.31. The number of halogens is 1. The van der Waals surface area contributed by atoms with Crippen LogP contribution in [-0.4, -0.2) is 10.4 Å². The van der Waals surface area contributed by atoms with E-state index >= 15 is 0 Å². The summed E-state index contributed by atoms with van der Waals surface area (Å²) < 4.78 is 2.26. The van der Waals surface area contributed by atoms with Gasteiger partial charge >= 0.3 is 0 Å². The summed E-state index contributed by atoms with van der Waals surface area (Å²) in [7, 11) is 0. The number of allylic oxidation sites excluding steroid dienone is 1. The lowest BCUT2D eigenvalue weighted by molar-refractivity contribution is -0.118. The molecule has 0 unspecified atom stereocenters. The minimum atomic E-state index is -0.209. The van der Waals surface area contributed by atoms with Crippen LogP contribution >= 0.6 is 11.6 Å². The van der Waals surface area contributed by atoms with E-state index in [1.54, 1.807) is 0 Å². The topological polar surface area (TPSA) is 34.0 Å². The van der Waals surface area contributed by atoms with Gasteiger partial charge in [0.2, 0.25) is 0 Å². The Morgan fingerprint density at radius 1 is 0.895 bits per heavy atom. The maximum absolute atomic E-state index is 13.9. The van der Waals surface area contributed by atoms with Crippen molar-refractivity contribution in [3.63, 3.8) is 0 Å². The van der Waals surface area contributed by atoms with Gasteiger partial charge in [0.15, 0.2) is 5.78 Å². The van der Waals surface area contributed by atoms with Gasteiger partial charge < -0.3 is 9.88 Å². The molecule has 7 rings (SSSR count). The van der Waals surface area contributed by atoms with Crippen LogP contribution in [0.4, 0.5) is 5.69 Å². The number of fused-ring (bicyclic) bond motifs is 5. The Hall–Kier alpha value is -3.82. The van der Waals surface area contributed by atoms with E-state index in [-0.39, 0.29) is 17.2 Å². The number of nitrogens with zero attached hydrogens (tertiary/aromatic N) is 1. The number of carbonyl (C=O) groups is 1. The maximum atomic E-state index is 13.9. The Labute approximate surface area is 227 Å². The average Bonchev–Trinajstić information content (AvgIpc) is 3.26. The van der Waals surface area contributed by atoms with E-state index in [1.807, 2.05) is 18.2 Å². The van der Waals surface area contributed by atoms with Crippen molar-refractivity contribution in [3.8, 4) is 0 Å². The van der Waals surface area contributed by atoms with Crippen LogP contribution in [0.15, 0.2) is 96.7 Å². The van der Waals surface area contributed by atoms with Gasteiger partial charge in [-0.05, 0) is 51.9 Å². The maximum Gasteiger partial charge on any atom is 0.162 e. The van der Waals surface area contributed by atoms with Crippen LogP contribution in [0.1, 0.15) is 49.4 Å². The number of rotatable bonds is 3. The molecule has 1 aliphatic heterocycles. The zero-order chi connectivity index (χ0) is 26.0. The van der Waals surface area contributed by atoms with Crippen molar-refractivity contribution in [1.82, 2.24) is 4.57 Å². The molecule has 2 heterocycles. The molecule has 0 saturated carbocycles. The van der Waals surface area contributed by atoms with Crippen LogP contribution in [0.2, 0.25) is 5.02 Å². The summed E-state index contributed by atoms with van der Waals surface area (Å²) in [5.41, 5.74) is 7.68. The molecule has 0 bridgehead atoms. The monoisotopic (exact) mass is 516 g/mol. The number of aromatic nitrogens is 1. The number of hydrogen-bond acceptors (Lipinski definition) is 2. The summed E-state index contributed by atoms with van der Waals surface area (Å²) in [4.78, 5) is 13.9. The third kappa shape index (κ3) is 3.68. The van der Waals surface area contributed by atoms with Gasteiger partial charge in [-0.15, -0.1) is 0 Å². The van der Waals surface area contributed by atoms with E-state index in [0.717, 1.165) is 44.7 Å². The normalized spacial score (nSPS) is 18.4. The number of carbonyl (C=O) groups excluding carboxylic acids is 1. The predicted molar refractivity (Wildman–Crippen MR) is 158 cm³/mol. The summed E-state index contributed by atoms with van der Waals surface area (Å²) in [6, 6.07) is 29.1. The highest BCUT2D eigenvalue weighted by Crippen LogP contribution is 2.52. The van der Waals surface area contributed by atoms with E-state index in [4.69, 9.17) is 11.6 Å². The molecule has 0 amide bonds. The third-order valence-corrected chi connectivity index (χ3v) is 8.54. The first kappa shape index (κ1) is 23.3. The standard InChI is InChI=1S/C34H29ClN2O/c1-34(2)17-25-31-23-11-5-3-9-21(23)15-16-28(31)36-33(32(25)30(38)18-34)26-20-37(29-14-8-6-12-24(26)29)19-22-10-4-7-13-27(22)35/h3-16,20,33,36H,17-19H2,1-2H3/t33-/m1/s1. The molecule has 1 aromatic heterocycles. The zero-order valence-electron chi connectivity index (χ0n) is 21.6. The molecular weight excluding hydrogens is 488 g/mol. The molecule has 4 heteroatoms. The van der Waals surface area contributed by atoms with Crippen LogP contribution in [0.5, 0.6) is 0 Å². The van der Waals surface area contributed by atoms with E-state index in [0.29, 0.717) is 13.0 Å². The Bertz CT molecular complexity index is 1790. The van der Waals surface area contributed by atoms with Crippen molar-refractivity contribution in [1.29, 1.82) is 0 Å². The van der Waals surface area contributed by atoms with Gasteiger partial charge in [-0.25, -0.2) is 0 Å². The van der Waals surface area contributed by atoms with Gasteiger partial charge in [0, 0.05) is 57.5 Å².